The van der Waals surface area contributed by atoms with Crippen LogP contribution >= 0.6 is 0 Å². The van der Waals surface area contributed by atoms with Gasteiger partial charge in [-0.25, -0.2) is 0 Å². The summed E-state index contributed by atoms with van der Waals surface area (Å²) in [5.41, 5.74) is 0.167. The predicted octanol–water partition coefficient (Wildman–Crippen LogP) is 2.47. The molecule has 2 fully saturated rings. The fraction of sp³-hybridized carbons (Fsp3) is 1.00. The van der Waals surface area contributed by atoms with Crippen molar-refractivity contribution in [2.24, 2.45) is 11.8 Å². The molecule has 2 saturated heterocycles. The van der Waals surface area contributed by atoms with Crippen LogP contribution in [-0.4, -0.2) is 61.3 Å². The minimum atomic E-state index is 0.167. The van der Waals surface area contributed by atoms with Crippen molar-refractivity contribution in [3.63, 3.8) is 0 Å². The van der Waals surface area contributed by atoms with Crippen molar-refractivity contribution in [3.8, 4) is 0 Å². The molecule has 0 aromatic rings. The SMILES string of the molecule is CC(C)CN1CCC2(CC1)CN(CC(C)C)CCO2. The number of piperidine rings is 1. The third kappa shape index (κ3) is 4.44. The molecule has 1 spiro atoms. The van der Waals surface area contributed by atoms with E-state index in [9.17, 15) is 0 Å². The van der Waals surface area contributed by atoms with Gasteiger partial charge in [-0.3, -0.25) is 4.90 Å². The van der Waals surface area contributed by atoms with Crippen molar-refractivity contribution in [3.05, 3.63) is 0 Å². The third-order valence-electron chi connectivity index (χ3n) is 4.34. The summed E-state index contributed by atoms with van der Waals surface area (Å²) in [5, 5.41) is 0. The Bertz CT molecular complexity index is 270. The molecule has 0 saturated carbocycles. The first-order chi connectivity index (χ1) is 8.99. The summed E-state index contributed by atoms with van der Waals surface area (Å²) in [6, 6.07) is 0. The van der Waals surface area contributed by atoms with E-state index in [4.69, 9.17) is 4.74 Å². The summed E-state index contributed by atoms with van der Waals surface area (Å²) in [6.45, 7) is 17.3. The largest absolute Gasteiger partial charge is 0.372 e. The maximum absolute atomic E-state index is 6.20. The lowest BCUT2D eigenvalue weighted by Gasteiger charge is -2.48. The van der Waals surface area contributed by atoms with Crippen LogP contribution in [0.5, 0.6) is 0 Å². The molecule has 2 heterocycles. The molecule has 0 atom stereocenters. The molecule has 3 nitrogen and oxygen atoms in total. The molecule has 112 valence electrons. The number of rotatable bonds is 4. The van der Waals surface area contributed by atoms with Crippen LogP contribution < -0.4 is 0 Å². The summed E-state index contributed by atoms with van der Waals surface area (Å²) in [5.74, 6) is 1.54. The monoisotopic (exact) mass is 268 g/mol. The lowest BCUT2D eigenvalue weighted by Crippen LogP contribution is -2.57. The summed E-state index contributed by atoms with van der Waals surface area (Å²) >= 11 is 0. The highest BCUT2D eigenvalue weighted by atomic mass is 16.5. The molecular weight excluding hydrogens is 236 g/mol. The normalized spacial score (nSPS) is 25.6. The van der Waals surface area contributed by atoms with Gasteiger partial charge in [-0.05, 0) is 24.7 Å². The number of hydrogen-bond acceptors (Lipinski definition) is 3. The summed E-state index contributed by atoms with van der Waals surface area (Å²) < 4.78 is 6.20. The summed E-state index contributed by atoms with van der Waals surface area (Å²) in [6.07, 6.45) is 2.43. The number of ether oxygens (including phenoxy) is 1. The highest BCUT2D eigenvalue weighted by Crippen LogP contribution is 2.30. The van der Waals surface area contributed by atoms with Gasteiger partial charge in [0, 0.05) is 39.3 Å². The molecule has 19 heavy (non-hydrogen) atoms. The van der Waals surface area contributed by atoms with Crippen LogP contribution in [0.25, 0.3) is 0 Å². The Morgan fingerprint density at radius 2 is 1.47 bits per heavy atom. The highest BCUT2D eigenvalue weighted by Gasteiger charge is 2.39. The first-order valence-electron chi connectivity index (χ1n) is 8.08. The van der Waals surface area contributed by atoms with Crippen molar-refractivity contribution in [1.29, 1.82) is 0 Å². The Kier molecular flexibility index (Phi) is 5.27. The van der Waals surface area contributed by atoms with Gasteiger partial charge in [-0.2, -0.15) is 0 Å². The Balaban J connectivity index is 1.83. The Morgan fingerprint density at radius 3 is 2.05 bits per heavy atom. The fourth-order valence-electron chi connectivity index (χ4n) is 3.56. The molecule has 0 aromatic heterocycles. The summed E-state index contributed by atoms with van der Waals surface area (Å²) in [7, 11) is 0. The van der Waals surface area contributed by atoms with Crippen molar-refractivity contribution >= 4 is 0 Å². The van der Waals surface area contributed by atoms with E-state index in [0.717, 1.165) is 31.5 Å². The first kappa shape index (κ1) is 15.3. The van der Waals surface area contributed by atoms with Crippen LogP contribution in [0.1, 0.15) is 40.5 Å². The van der Waals surface area contributed by atoms with Gasteiger partial charge in [-0.1, -0.05) is 27.7 Å². The highest BCUT2D eigenvalue weighted by molar-refractivity contribution is 4.93. The molecule has 0 unspecified atom stereocenters. The lowest BCUT2D eigenvalue weighted by molar-refractivity contribution is -0.137. The van der Waals surface area contributed by atoms with E-state index >= 15 is 0 Å². The zero-order valence-corrected chi connectivity index (χ0v) is 13.3. The lowest BCUT2D eigenvalue weighted by atomic mass is 9.88. The van der Waals surface area contributed by atoms with E-state index in [1.54, 1.807) is 0 Å². The predicted molar refractivity (Wildman–Crippen MR) is 80.5 cm³/mol. The Morgan fingerprint density at radius 1 is 0.895 bits per heavy atom. The van der Waals surface area contributed by atoms with Crippen molar-refractivity contribution < 1.29 is 4.74 Å². The minimum absolute atomic E-state index is 0.167. The van der Waals surface area contributed by atoms with E-state index in [-0.39, 0.29) is 5.60 Å². The van der Waals surface area contributed by atoms with E-state index in [2.05, 4.69) is 37.5 Å². The molecule has 0 amide bonds. The van der Waals surface area contributed by atoms with Gasteiger partial charge in [0.1, 0.15) is 0 Å². The molecule has 2 rings (SSSR count). The van der Waals surface area contributed by atoms with Crippen molar-refractivity contribution in [2.45, 2.75) is 46.1 Å². The fourth-order valence-corrected chi connectivity index (χ4v) is 3.56. The van der Waals surface area contributed by atoms with Gasteiger partial charge in [0.05, 0.1) is 12.2 Å². The molecule has 0 N–H and O–H groups in total. The van der Waals surface area contributed by atoms with Crippen LogP contribution in [-0.2, 0) is 4.74 Å². The van der Waals surface area contributed by atoms with Crippen LogP contribution in [0.15, 0.2) is 0 Å². The number of nitrogens with zero attached hydrogens (tertiary/aromatic N) is 2. The zero-order chi connectivity index (χ0) is 13.9. The first-order valence-corrected chi connectivity index (χ1v) is 8.08. The van der Waals surface area contributed by atoms with Crippen molar-refractivity contribution in [2.75, 3.05) is 45.9 Å². The zero-order valence-electron chi connectivity index (χ0n) is 13.3. The van der Waals surface area contributed by atoms with Gasteiger partial charge in [0.25, 0.3) is 0 Å². The van der Waals surface area contributed by atoms with Crippen LogP contribution in [0.3, 0.4) is 0 Å². The van der Waals surface area contributed by atoms with Crippen LogP contribution in [0, 0.1) is 11.8 Å². The second-order valence-corrected chi connectivity index (χ2v) is 7.35. The molecule has 2 aliphatic heterocycles. The quantitative estimate of drug-likeness (QED) is 0.779. The van der Waals surface area contributed by atoms with Gasteiger partial charge >= 0.3 is 0 Å². The van der Waals surface area contributed by atoms with E-state index < -0.39 is 0 Å². The molecule has 0 radical (unpaired) electrons. The van der Waals surface area contributed by atoms with Crippen molar-refractivity contribution in [1.82, 2.24) is 9.80 Å². The number of hydrogen-bond donors (Lipinski definition) is 0. The average molecular weight is 268 g/mol. The Hall–Kier alpha value is -0.120. The maximum Gasteiger partial charge on any atom is 0.0833 e. The van der Waals surface area contributed by atoms with Crippen LogP contribution in [0.2, 0.25) is 0 Å². The second-order valence-electron chi connectivity index (χ2n) is 7.35. The minimum Gasteiger partial charge on any atom is -0.372 e. The second kappa shape index (κ2) is 6.55. The van der Waals surface area contributed by atoms with E-state index in [1.807, 2.05) is 0 Å². The molecule has 0 aromatic carbocycles. The smallest absolute Gasteiger partial charge is 0.0833 e. The standard InChI is InChI=1S/C16H32N2O/c1-14(2)11-17-7-5-16(6-8-17)13-18(9-10-19-16)12-15(3)4/h14-15H,5-13H2,1-4H3. The van der Waals surface area contributed by atoms with Gasteiger partial charge < -0.3 is 9.64 Å². The van der Waals surface area contributed by atoms with Gasteiger partial charge in [-0.15, -0.1) is 0 Å². The van der Waals surface area contributed by atoms with Gasteiger partial charge in [0.2, 0.25) is 0 Å². The van der Waals surface area contributed by atoms with E-state index in [0.29, 0.717) is 0 Å². The maximum atomic E-state index is 6.20. The third-order valence-corrected chi connectivity index (χ3v) is 4.34. The number of likely N-dealkylation sites (tertiary alicyclic amines) is 1. The van der Waals surface area contributed by atoms with Crippen LogP contribution in [0.4, 0.5) is 0 Å². The summed E-state index contributed by atoms with van der Waals surface area (Å²) in [4.78, 5) is 5.23. The Labute approximate surface area is 119 Å². The molecule has 3 heteroatoms. The average Bonchev–Trinajstić information content (AvgIpc) is 2.31. The van der Waals surface area contributed by atoms with E-state index in [1.165, 1.54) is 39.0 Å². The number of morpholine rings is 1. The molecule has 2 aliphatic rings. The topological polar surface area (TPSA) is 15.7 Å². The van der Waals surface area contributed by atoms with Gasteiger partial charge in [0.15, 0.2) is 0 Å². The molecule has 0 aliphatic carbocycles. The molecular formula is C16H32N2O. The molecule has 0 bridgehead atoms.